The monoisotopic (exact) mass is 306 g/mol. The third kappa shape index (κ3) is 4.88. The summed E-state index contributed by atoms with van der Waals surface area (Å²) in [7, 11) is 2.07. The Morgan fingerprint density at radius 2 is 2.10 bits per heavy atom. The number of aromatic nitrogens is 2. The van der Waals surface area contributed by atoms with Crippen LogP contribution in [0.4, 0.5) is 5.82 Å². The molecule has 1 aromatic heterocycles. The standard InChI is InChI=1S/C15H19ClN4O/c1-11(20(2)10-12-6-4-3-5-7-12)9-17-14-8-13(16)18-15(21)19-14/h3-8,11H,9-10H2,1-2H3,(H2,17,18,19,21). The van der Waals surface area contributed by atoms with E-state index in [1.54, 1.807) is 6.07 Å². The fourth-order valence-corrected chi connectivity index (χ4v) is 2.14. The number of aromatic amines is 1. The Morgan fingerprint density at radius 3 is 2.76 bits per heavy atom. The summed E-state index contributed by atoms with van der Waals surface area (Å²) in [5, 5.41) is 3.42. The van der Waals surface area contributed by atoms with Gasteiger partial charge in [-0.3, -0.25) is 9.88 Å². The molecule has 0 fully saturated rings. The van der Waals surface area contributed by atoms with Gasteiger partial charge in [-0.1, -0.05) is 41.9 Å². The average molecular weight is 307 g/mol. The van der Waals surface area contributed by atoms with Gasteiger partial charge in [0.2, 0.25) is 0 Å². The highest BCUT2D eigenvalue weighted by Crippen LogP contribution is 2.09. The van der Waals surface area contributed by atoms with Crippen LogP contribution in [0.1, 0.15) is 12.5 Å². The molecule has 1 atom stereocenters. The molecule has 112 valence electrons. The molecule has 0 radical (unpaired) electrons. The number of nitrogens with zero attached hydrogens (tertiary/aromatic N) is 2. The van der Waals surface area contributed by atoms with E-state index in [2.05, 4.69) is 46.3 Å². The van der Waals surface area contributed by atoms with Crippen molar-refractivity contribution < 1.29 is 0 Å². The molecule has 0 spiro atoms. The fourth-order valence-electron chi connectivity index (χ4n) is 1.95. The van der Waals surface area contributed by atoms with E-state index >= 15 is 0 Å². The molecule has 0 amide bonds. The van der Waals surface area contributed by atoms with Gasteiger partial charge in [-0.05, 0) is 19.5 Å². The van der Waals surface area contributed by atoms with Gasteiger partial charge in [0.25, 0.3) is 0 Å². The van der Waals surface area contributed by atoms with E-state index in [0.29, 0.717) is 12.4 Å². The molecular weight excluding hydrogens is 288 g/mol. The lowest BCUT2D eigenvalue weighted by Gasteiger charge is -2.25. The first-order valence-electron chi connectivity index (χ1n) is 6.79. The number of halogens is 1. The number of rotatable bonds is 6. The first kappa shape index (κ1) is 15.5. The summed E-state index contributed by atoms with van der Waals surface area (Å²) in [5.41, 5.74) is 0.819. The van der Waals surface area contributed by atoms with Crippen LogP contribution in [-0.2, 0) is 6.54 Å². The van der Waals surface area contributed by atoms with E-state index in [9.17, 15) is 4.79 Å². The minimum absolute atomic E-state index is 0.280. The van der Waals surface area contributed by atoms with E-state index in [-0.39, 0.29) is 11.2 Å². The maximum absolute atomic E-state index is 11.2. The van der Waals surface area contributed by atoms with Crippen LogP contribution < -0.4 is 11.0 Å². The number of H-pyrrole nitrogens is 1. The van der Waals surface area contributed by atoms with Crippen molar-refractivity contribution in [2.45, 2.75) is 19.5 Å². The Morgan fingerprint density at radius 1 is 1.38 bits per heavy atom. The zero-order valence-corrected chi connectivity index (χ0v) is 12.9. The molecule has 0 aliphatic rings. The number of likely N-dealkylation sites (N-methyl/N-ethyl adjacent to an activating group) is 1. The highest BCUT2D eigenvalue weighted by molar-refractivity contribution is 6.29. The number of hydrogen-bond donors (Lipinski definition) is 2. The van der Waals surface area contributed by atoms with Crippen molar-refractivity contribution in [1.82, 2.24) is 14.9 Å². The van der Waals surface area contributed by atoms with Crippen molar-refractivity contribution in [2.24, 2.45) is 0 Å². The predicted molar refractivity (Wildman–Crippen MR) is 85.7 cm³/mol. The number of nitrogens with one attached hydrogen (secondary N) is 2. The molecule has 2 aromatic rings. The van der Waals surface area contributed by atoms with Gasteiger partial charge in [-0.25, -0.2) is 4.79 Å². The molecule has 0 bridgehead atoms. The minimum atomic E-state index is -0.449. The summed E-state index contributed by atoms with van der Waals surface area (Å²) in [6, 6.07) is 12.2. The van der Waals surface area contributed by atoms with Crippen LogP contribution in [0.2, 0.25) is 5.15 Å². The maximum atomic E-state index is 11.2. The first-order valence-corrected chi connectivity index (χ1v) is 7.17. The third-order valence-electron chi connectivity index (χ3n) is 3.32. The maximum Gasteiger partial charge on any atom is 0.347 e. The van der Waals surface area contributed by atoms with Gasteiger partial charge in [-0.15, -0.1) is 0 Å². The Bertz CT molecular complexity index is 629. The fraction of sp³-hybridized carbons (Fsp3) is 0.333. The number of benzene rings is 1. The van der Waals surface area contributed by atoms with Gasteiger partial charge in [0.15, 0.2) is 0 Å². The molecule has 0 aliphatic carbocycles. The molecule has 2 N–H and O–H groups in total. The predicted octanol–water partition coefficient (Wildman–Crippen LogP) is 2.36. The molecular formula is C15H19ClN4O. The highest BCUT2D eigenvalue weighted by atomic mass is 35.5. The molecule has 1 heterocycles. The second-order valence-corrected chi connectivity index (χ2v) is 5.46. The molecule has 21 heavy (non-hydrogen) atoms. The average Bonchev–Trinajstić information content (AvgIpc) is 2.44. The van der Waals surface area contributed by atoms with Crippen LogP contribution in [0.3, 0.4) is 0 Å². The van der Waals surface area contributed by atoms with Crippen molar-refractivity contribution >= 4 is 17.4 Å². The van der Waals surface area contributed by atoms with Gasteiger partial charge < -0.3 is 5.32 Å². The van der Waals surface area contributed by atoms with E-state index in [1.165, 1.54) is 5.56 Å². The Kier molecular flexibility index (Phi) is 5.36. The van der Waals surface area contributed by atoms with E-state index in [0.717, 1.165) is 6.54 Å². The molecule has 1 aromatic carbocycles. The Balaban J connectivity index is 1.89. The Hall–Kier alpha value is -1.85. The smallest absolute Gasteiger partial charge is 0.347 e. The molecule has 0 saturated heterocycles. The number of hydrogen-bond acceptors (Lipinski definition) is 4. The topological polar surface area (TPSA) is 61.0 Å². The van der Waals surface area contributed by atoms with Gasteiger partial charge in [0.05, 0.1) is 0 Å². The van der Waals surface area contributed by atoms with Gasteiger partial charge >= 0.3 is 5.69 Å². The second kappa shape index (κ2) is 7.24. The van der Waals surface area contributed by atoms with Crippen LogP contribution in [0.5, 0.6) is 0 Å². The summed E-state index contributed by atoms with van der Waals surface area (Å²) in [6.45, 7) is 3.66. The summed E-state index contributed by atoms with van der Waals surface area (Å²) < 4.78 is 0. The molecule has 6 heteroatoms. The van der Waals surface area contributed by atoms with Crippen LogP contribution >= 0.6 is 11.6 Å². The van der Waals surface area contributed by atoms with Crippen molar-refractivity contribution in [1.29, 1.82) is 0 Å². The second-order valence-electron chi connectivity index (χ2n) is 5.05. The van der Waals surface area contributed by atoms with Crippen LogP contribution in [-0.4, -0.2) is 34.5 Å². The molecule has 0 saturated carbocycles. The first-order chi connectivity index (χ1) is 10.0. The zero-order valence-electron chi connectivity index (χ0n) is 12.1. The van der Waals surface area contributed by atoms with Crippen molar-refractivity contribution in [3.05, 3.63) is 57.6 Å². The largest absolute Gasteiger partial charge is 0.368 e. The summed E-state index contributed by atoms with van der Waals surface area (Å²) in [5.74, 6) is 0.490. The molecule has 1 unspecified atom stereocenters. The molecule has 0 aliphatic heterocycles. The highest BCUT2D eigenvalue weighted by Gasteiger charge is 2.10. The normalized spacial score (nSPS) is 12.4. The summed E-state index contributed by atoms with van der Waals surface area (Å²) in [6.07, 6.45) is 0. The van der Waals surface area contributed by atoms with Crippen LogP contribution in [0.25, 0.3) is 0 Å². The Labute approximate surface area is 129 Å². The van der Waals surface area contributed by atoms with Crippen molar-refractivity contribution in [3.63, 3.8) is 0 Å². The van der Waals surface area contributed by atoms with Crippen molar-refractivity contribution in [3.8, 4) is 0 Å². The lowest BCUT2D eigenvalue weighted by Crippen LogP contribution is -2.34. The molecule has 5 nitrogen and oxygen atoms in total. The lowest BCUT2D eigenvalue weighted by atomic mass is 10.2. The zero-order chi connectivity index (χ0) is 15.2. The summed E-state index contributed by atoms with van der Waals surface area (Å²) in [4.78, 5) is 19.7. The van der Waals surface area contributed by atoms with Gasteiger partial charge in [0.1, 0.15) is 11.0 Å². The van der Waals surface area contributed by atoms with Crippen molar-refractivity contribution in [2.75, 3.05) is 18.9 Å². The SMILES string of the molecule is CC(CNc1cc(Cl)[nH]c(=O)n1)N(C)Cc1ccccc1. The number of anilines is 1. The van der Waals surface area contributed by atoms with Gasteiger partial charge in [0, 0.05) is 25.2 Å². The lowest BCUT2D eigenvalue weighted by molar-refractivity contribution is 0.259. The van der Waals surface area contributed by atoms with E-state index < -0.39 is 5.69 Å². The quantitative estimate of drug-likeness (QED) is 0.804. The summed E-state index contributed by atoms with van der Waals surface area (Å²) >= 11 is 5.79. The van der Waals surface area contributed by atoms with Crippen LogP contribution in [0.15, 0.2) is 41.2 Å². The molecule has 2 rings (SSSR count). The third-order valence-corrected chi connectivity index (χ3v) is 3.52. The van der Waals surface area contributed by atoms with E-state index in [1.807, 2.05) is 18.2 Å². The minimum Gasteiger partial charge on any atom is -0.368 e. The van der Waals surface area contributed by atoms with Crippen LogP contribution in [0, 0.1) is 0 Å². The van der Waals surface area contributed by atoms with Gasteiger partial charge in [-0.2, -0.15) is 4.98 Å². The van der Waals surface area contributed by atoms with E-state index in [4.69, 9.17) is 11.6 Å².